The van der Waals surface area contributed by atoms with Crippen LogP contribution in [0, 0.1) is 17.7 Å². The van der Waals surface area contributed by atoms with Crippen molar-refractivity contribution < 1.29 is 13.9 Å². The maximum absolute atomic E-state index is 13.5. The molecular weight excluding hydrogens is 329 g/mol. The van der Waals surface area contributed by atoms with Crippen LogP contribution in [0.3, 0.4) is 0 Å². The van der Waals surface area contributed by atoms with Gasteiger partial charge in [-0.2, -0.15) is 0 Å². The first kappa shape index (κ1) is 18.0. The molecule has 3 aliphatic rings. The molecule has 3 nitrogen and oxygen atoms in total. The summed E-state index contributed by atoms with van der Waals surface area (Å²) in [5.74, 6) is 1.18. The zero-order valence-electron chi connectivity index (χ0n) is 15.5. The first-order valence-corrected chi connectivity index (χ1v) is 10.4. The number of nitrogens with zero attached hydrogens (tertiary/aromatic N) is 1. The molecule has 1 aromatic carbocycles. The monoisotopic (exact) mass is 359 g/mol. The van der Waals surface area contributed by atoms with Crippen LogP contribution in [-0.4, -0.2) is 30.1 Å². The average molecular weight is 359 g/mol. The summed E-state index contributed by atoms with van der Waals surface area (Å²) in [5.41, 5.74) is 1.02. The molecule has 2 atom stereocenters. The van der Waals surface area contributed by atoms with Gasteiger partial charge < -0.3 is 9.64 Å². The van der Waals surface area contributed by atoms with E-state index in [1.54, 1.807) is 0 Å². The first-order chi connectivity index (χ1) is 12.7. The van der Waals surface area contributed by atoms with Crippen molar-refractivity contribution in [2.45, 2.75) is 69.9 Å². The predicted octanol–water partition coefficient (Wildman–Crippen LogP) is 4.86. The van der Waals surface area contributed by atoms with Crippen molar-refractivity contribution in [3.05, 3.63) is 35.6 Å². The van der Waals surface area contributed by atoms with E-state index in [1.807, 2.05) is 17.0 Å². The lowest BCUT2D eigenvalue weighted by molar-refractivity contribution is -0.136. The lowest BCUT2D eigenvalue weighted by Crippen LogP contribution is -2.43. The van der Waals surface area contributed by atoms with Crippen molar-refractivity contribution in [2.75, 3.05) is 13.2 Å². The highest BCUT2D eigenvalue weighted by molar-refractivity contribution is 5.78. The Morgan fingerprint density at radius 2 is 1.77 bits per heavy atom. The van der Waals surface area contributed by atoms with Crippen molar-refractivity contribution >= 4 is 5.91 Å². The van der Waals surface area contributed by atoms with Crippen molar-refractivity contribution in [3.8, 4) is 0 Å². The molecule has 26 heavy (non-hydrogen) atoms. The molecule has 0 radical (unpaired) electrons. The smallest absolute Gasteiger partial charge is 0.223 e. The molecule has 2 saturated carbocycles. The second kappa shape index (κ2) is 8.08. The van der Waals surface area contributed by atoms with Gasteiger partial charge in [-0.15, -0.1) is 0 Å². The third-order valence-corrected chi connectivity index (χ3v) is 6.30. The number of carbonyl (C=O) groups is 1. The van der Waals surface area contributed by atoms with Crippen molar-refractivity contribution in [1.82, 2.24) is 4.90 Å². The quantitative estimate of drug-likeness (QED) is 0.695. The Kier molecular flexibility index (Phi) is 5.58. The van der Waals surface area contributed by atoms with Gasteiger partial charge in [-0.1, -0.05) is 31.4 Å². The summed E-state index contributed by atoms with van der Waals surface area (Å²) >= 11 is 0. The summed E-state index contributed by atoms with van der Waals surface area (Å²) in [6.07, 6.45) is 10.2. The number of ether oxygens (including phenoxy) is 1. The number of benzene rings is 1. The van der Waals surface area contributed by atoms with Crippen LogP contribution in [0.15, 0.2) is 24.3 Å². The van der Waals surface area contributed by atoms with E-state index >= 15 is 0 Å². The van der Waals surface area contributed by atoms with Gasteiger partial charge >= 0.3 is 0 Å². The summed E-state index contributed by atoms with van der Waals surface area (Å²) in [5, 5.41) is 0. The summed E-state index contributed by atoms with van der Waals surface area (Å²) in [7, 11) is 0. The molecule has 1 amide bonds. The van der Waals surface area contributed by atoms with Gasteiger partial charge in [0.25, 0.3) is 0 Å². The fourth-order valence-electron chi connectivity index (χ4n) is 4.65. The Morgan fingerprint density at radius 1 is 1.04 bits per heavy atom. The molecule has 4 heteroatoms. The molecule has 1 unspecified atom stereocenters. The van der Waals surface area contributed by atoms with Gasteiger partial charge in [0.2, 0.25) is 5.91 Å². The van der Waals surface area contributed by atoms with E-state index in [1.165, 1.54) is 57.1 Å². The molecule has 142 valence electrons. The summed E-state index contributed by atoms with van der Waals surface area (Å²) in [6.45, 7) is 1.60. The predicted molar refractivity (Wildman–Crippen MR) is 99.1 cm³/mol. The number of amides is 1. The highest BCUT2D eigenvalue weighted by Crippen LogP contribution is 2.40. The minimum Gasteiger partial charge on any atom is -0.375 e. The highest BCUT2D eigenvalue weighted by Gasteiger charge is 2.40. The number of rotatable bonds is 7. The standard InChI is InChI=1S/C22H30FNO2/c23-19-12-10-17(11-13-19)21(24-14-4-7-20(24)25)22(26-15-16-8-9-16)18-5-2-1-3-6-18/h10-13,16,18,21-22H,1-9,14-15H2/t21?,22-/m0/s1. The Labute approximate surface area is 155 Å². The van der Waals surface area contributed by atoms with Gasteiger partial charge in [0, 0.05) is 19.6 Å². The van der Waals surface area contributed by atoms with E-state index in [0.717, 1.165) is 25.1 Å². The second-order valence-electron chi connectivity index (χ2n) is 8.33. The molecule has 1 heterocycles. The maximum atomic E-state index is 13.5. The molecule has 0 aromatic heterocycles. The van der Waals surface area contributed by atoms with Crippen LogP contribution in [0.25, 0.3) is 0 Å². The van der Waals surface area contributed by atoms with Gasteiger partial charge in [-0.05, 0) is 61.6 Å². The van der Waals surface area contributed by atoms with Crippen molar-refractivity contribution in [1.29, 1.82) is 0 Å². The fourth-order valence-corrected chi connectivity index (χ4v) is 4.65. The number of hydrogen-bond donors (Lipinski definition) is 0. The van der Waals surface area contributed by atoms with Crippen molar-refractivity contribution in [2.24, 2.45) is 11.8 Å². The molecule has 1 saturated heterocycles. The van der Waals surface area contributed by atoms with Gasteiger partial charge in [0.05, 0.1) is 12.1 Å². The minimum atomic E-state index is -0.228. The van der Waals surface area contributed by atoms with Crippen LogP contribution in [0.2, 0.25) is 0 Å². The molecule has 2 aliphatic carbocycles. The summed E-state index contributed by atoms with van der Waals surface area (Å²) in [4.78, 5) is 14.6. The van der Waals surface area contributed by atoms with Crippen molar-refractivity contribution in [3.63, 3.8) is 0 Å². The molecule has 0 N–H and O–H groups in total. The van der Waals surface area contributed by atoms with Gasteiger partial charge in [0.1, 0.15) is 5.82 Å². The zero-order valence-corrected chi connectivity index (χ0v) is 15.5. The molecular formula is C22H30FNO2. The van der Waals surface area contributed by atoms with E-state index in [0.29, 0.717) is 18.3 Å². The van der Waals surface area contributed by atoms with Gasteiger partial charge in [-0.3, -0.25) is 4.79 Å². The van der Waals surface area contributed by atoms with Crippen LogP contribution >= 0.6 is 0 Å². The number of likely N-dealkylation sites (tertiary alicyclic amines) is 1. The van der Waals surface area contributed by atoms with E-state index in [9.17, 15) is 9.18 Å². The number of halogens is 1. The summed E-state index contributed by atoms with van der Waals surface area (Å²) in [6, 6.07) is 6.65. The van der Waals surface area contributed by atoms with Gasteiger partial charge in [0.15, 0.2) is 0 Å². The molecule has 0 spiro atoms. The van der Waals surface area contributed by atoms with Crippen LogP contribution in [0.4, 0.5) is 4.39 Å². The van der Waals surface area contributed by atoms with E-state index in [4.69, 9.17) is 4.74 Å². The molecule has 1 aliphatic heterocycles. The average Bonchev–Trinajstić information content (AvgIpc) is 3.40. The van der Waals surface area contributed by atoms with E-state index in [2.05, 4.69) is 0 Å². The fraction of sp³-hybridized carbons (Fsp3) is 0.682. The highest BCUT2D eigenvalue weighted by atomic mass is 19.1. The maximum Gasteiger partial charge on any atom is 0.223 e. The molecule has 1 aromatic rings. The second-order valence-corrected chi connectivity index (χ2v) is 8.33. The topological polar surface area (TPSA) is 29.5 Å². The van der Waals surface area contributed by atoms with Crippen LogP contribution < -0.4 is 0 Å². The zero-order chi connectivity index (χ0) is 17.9. The Morgan fingerprint density at radius 3 is 2.38 bits per heavy atom. The van der Waals surface area contributed by atoms with E-state index < -0.39 is 0 Å². The normalized spacial score (nSPS) is 24.0. The van der Waals surface area contributed by atoms with Crippen LogP contribution in [0.5, 0.6) is 0 Å². The van der Waals surface area contributed by atoms with Gasteiger partial charge in [-0.25, -0.2) is 4.39 Å². The van der Waals surface area contributed by atoms with Crippen LogP contribution in [-0.2, 0) is 9.53 Å². The SMILES string of the molecule is O=C1CCCN1C(c1ccc(F)cc1)[C@@H](OCC1CC1)C1CCCCC1. The molecule has 4 rings (SSSR count). The lowest BCUT2D eigenvalue weighted by atomic mass is 9.80. The Balaban J connectivity index is 1.64. The Hall–Kier alpha value is -1.42. The van der Waals surface area contributed by atoms with E-state index in [-0.39, 0.29) is 23.9 Å². The molecule has 0 bridgehead atoms. The summed E-state index contributed by atoms with van der Waals surface area (Å²) < 4.78 is 20.0. The minimum absolute atomic E-state index is 0.0309. The lowest BCUT2D eigenvalue weighted by Gasteiger charge is -2.40. The number of carbonyl (C=O) groups excluding carboxylic acids is 1. The third kappa shape index (κ3) is 4.11. The largest absolute Gasteiger partial charge is 0.375 e. The number of hydrogen-bond acceptors (Lipinski definition) is 2. The molecule has 3 fully saturated rings. The Bertz CT molecular complexity index is 607. The first-order valence-electron chi connectivity index (χ1n) is 10.4. The third-order valence-electron chi connectivity index (χ3n) is 6.30. The van der Waals surface area contributed by atoms with Crippen LogP contribution in [0.1, 0.15) is 69.4 Å².